The number of benzene rings is 2. The van der Waals surface area contributed by atoms with E-state index in [-0.39, 0.29) is 25.4 Å². The predicted octanol–water partition coefficient (Wildman–Crippen LogP) is 5.79. The van der Waals surface area contributed by atoms with Crippen molar-refractivity contribution in [3.05, 3.63) is 59.4 Å². The number of carbonyl (C=O) groups excluding carboxylic acids is 1. The molecule has 0 fully saturated rings. The van der Waals surface area contributed by atoms with Crippen molar-refractivity contribution >= 4 is 57.5 Å². The van der Waals surface area contributed by atoms with Crippen LogP contribution in [0, 0.1) is 0 Å². The van der Waals surface area contributed by atoms with Crippen molar-refractivity contribution in [2.24, 2.45) is 0 Å². The second kappa shape index (κ2) is 13.5. The van der Waals surface area contributed by atoms with Gasteiger partial charge in [-0.05, 0) is 38.1 Å². The molecule has 2 N–H and O–H groups in total. The lowest BCUT2D eigenvalue weighted by Crippen LogP contribution is -2.27. The Kier molecular flexibility index (Phi) is 10.5. The summed E-state index contributed by atoms with van der Waals surface area (Å²) in [6.07, 6.45) is 4.45. The zero-order valence-corrected chi connectivity index (χ0v) is 23.7. The molecular weight excluding hydrogens is 561 g/mol. The predicted molar refractivity (Wildman–Crippen MR) is 150 cm³/mol. The fourth-order valence-electron chi connectivity index (χ4n) is 3.49. The molecule has 2 aromatic carbocycles. The van der Waals surface area contributed by atoms with E-state index >= 15 is 0 Å². The molecule has 1 amide bonds. The SMILES string of the molecule is CCOP(=O)(CN(C)C(=O)C=CCNc1cc2c(Nc3cccc(Br)c3)ncnc2cc1OC)OCC. The number of amides is 1. The fraction of sp³-hybridized carbons (Fsp3) is 0.320. The Balaban J connectivity index is 1.72. The summed E-state index contributed by atoms with van der Waals surface area (Å²) in [5.41, 5.74) is 2.31. The third kappa shape index (κ3) is 8.00. The molecular formula is C25H31BrN5O5P. The molecule has 0 radical (unpaired) electrons. The van der Waals surface area contributed by atoms with Gasteiger partial charge in [-0.2, -0.15) is 0 Å². The van der Waals surface area contributed by atoms with E-state index in [0.29, 0.717) is 23.8 Å². The maximum Gasteiger partial charge on any atom is 0.349 e. The van der Waals surface area contributed by atoms with Crippen molar-refractivity contribution < 1.29 is 23.1 Å². The third-order valence-electron chi connectivity index (χ3n) is 5.13. The molecule has 12 heteroatoms. The highest BCUT2D eigenvalue weighted by Gasteiger charge is 2.27. The van der Waals surface area contributed by atoms with Gasteiger partial charge < -0.3 is 29.3 Å². The molecule has 0 aliphatic rings. The number of halogens is 1. The van der Waals surface area contributed by atoms with Crippen LogP contribution >= 0.6 is 23.5 Å². The molecule has 0 spiro atoms. The van der Waals surface area contributed by atoms with E-state index in [9.17, 15) is 9.36 Å². The highest BCUT2D eigenvalue weighted by atomic mass is 79.9. The molecule has 3 rings (SSSR count). The quantitative estimate of drug-likeness (QED) is 0.188. The van der Waals surface area contributed by atoms with Gasteiger partial charge in [0, 0.05) is 41.3 Å². The Morgan fingerprint density at radius 2 is 1.92 bits per heavy atom. The number of anilines is 3. The summed E-state index contributed by atoms with van der Waals surface area (Å²) in [7, 11) is -0.231. The number of aromatic nitrogens is 2. The van der Waals surface area contributed by atoms with Gasteiger partial charge in [0.05, 0.1) is 31.5 Å². The summed E-state index contributed by atoms with van der Waals surface area (Å²) in [4.78, 5) is 22.6. The molecule has 1 heterocycles. The van der Waals surface area contributed by atoms with Gasteiger partial charge in [0.15, 0.2) is 0 Å². The minimum Gasteiger partial charge on any atom is -0.495 e. The average molecular weight is 592 g/mol. The number of nitrogens with zero attached hydrogens (tertiary/aromatic N) is 3. The molecule has 0 aliphatic heterocycles. The van der Waals surface area contributed by atoms with E-state index in [2.05, 4.69) is 36.5 Å². The summed E-state index contributed by atoms with van der Waals surface area (Å²) in [5.74, 6) is 0.931. The van der Waals surface area contributed by atoms with Crippen LogP contribution in [0.5, 0.6) is 5.75 Å². The van der Waals surface area contributed by atoms with Crippen LogP contribution in [0.1, 0.15) is 13.8 Å². The molecule has 1 aromatic heterocycles. The molecule has 0 unspecified atom stereocenters. The van der Waals surface area contributed by atoms with Crippen molar-refractivity contribution in [1.29, 1.82) is 0 Å². The monoisotopic (exact) mass is 591 g/mol. The van der Waals surface area contributed by atoms with Crippen molar-refractivity contribution in [3.8, 4) is 5.75 Å². The number of hydrogen-bond donors (Lipinski definition) is 2. The molecule has 0 bridgehead atoms. The van der Waals surface area contributed by atoms with Gasteiger partial charge >= 0.3 is 7.60 Å². The van der Waals surface area contributed by atoms with E-state index in [4.69, 9.17) is 13.8 Å². The number of nitrogens with one attached hydrogen (secondary N) is 2. The maximum absolute atomic E-state index is 12.7. The molecule has 0 saturated carbocycles. The lowest BCUT2D eigenvalue weighted by molar-refractivity contribution is -0.124. The number of ether oxygens (including phenoxy) is 1. The van der Waals surface area contributed by atoms with Crippen molar-refractivity contribution in [3.63, 3.8) is 0 Å². The van der Waals surface area contributed by atoms with E-state index < -0.39 is 7.60 Å². The van der Waals surface area contributed by atoms with Gasteiger partial charge in [-0.15, -0.1) is 0 Å². The van der Waals surface area contributed by atoms with Crippen molar-refractivity contribution in [1.82, 2.24) is 14.9 Å². The summed E-state index contributed by atoms with van der Waals surface area (Å²) >= 11 is 3.48. The number of methoxy groups -OCH3 is 1. The fourth-order valence-corrected chi connectivity index (χ4v) is 5.57. The van der Waals surface area contributed by atoms with E-state index in [1.165, 1.54) is 17.3 Å². The van der Waals surface area contributed by atoms with Crippen LogP contribution in [0.15, 0.2) is 59.4 Å². The Hall–Kier alpha value is -2.98. The van der Waals surface area contributed by atoms with Crippen LogP contribution in [0.25, 0.3) is 10.9 Å². The van der Waals surface area contributed by atoms with Gasteiger partial charge in [-0.25, -0.2) is 9.97 Å². The van der Waals surface area contributed by atoms with Gasteiger partial charge in [0.2, 0.25) is 5.91 Å². The Labute approximate surface area is 225 Å². The first-order valence-electron chi connectivity index (χ1n) is 11.7. The molecule has 0 aliphatic carbocycles. The summed E-state index contributed by atoms with van der Waals surface area (Å²) < 4.78 is 29.7. The van der Waals surface area contributed by atoms with E-state index in [1.54, 1.807) is 34.1 Å². The van der Waals surface area contributed by atoms with Crippen molar-refractivity contribution in [2.45, 2.75) is 13.8 Å². The van der Waals surface area contributed by atoms with Crippen LogP contribution in [-0.2, 0) is 18.4 Å². The third-order valence-corrected chi connectivity index (χ3v) is 7.69. The standard InChI is InChI=1S/C25H31BrN5O5P/c1-5-35-37(33,36-6-2)17-31(3)24(32)11-8-12-27-22-14-20-21(15-23(22)34-4)28-16-29-25(20)30-19-10-7-9-18(26)13-19/h7-11,13-16,27H,5-6,12,17H2,1-4H3,(H,28,29,30). The summed E-state index contributed by atoms with van der Waals surface area (Å²) in [5, 5.41) is 7.39. The van der Waals surface area contributed by atoms with Crippen molar-refractivity contribution in [2.75, 3.05) is 50.8 Å². The van der Waals surface area contributed by atoms with Crippen LogP contribution in [0.4, 0.5) is 17.2 Å². The number of rotatable bonds is 13. The summed E-state index contributed by atoms with van der Waals surface area (Å²) in [6.45, 7) is 4.27. The average Bonchev–Trinajstić information content (AvgIpc) is 2.86. The highest BCUT2D eigenvalue weighted by molar-refractivity contribution is 9.10. The zero-order valence-electron chi connectivity index (χ0n) is 21.2. The lowest BCUT2D eigenvalue weighted by Gasteiger charge is -2.22. The normalized spacial score (nSPS) is 11.6. The molecule has 37 heavy (non-hydrogen) atoms. The van der Waals surface area contributed by atoms with E-state index in [1.807, 2.05) is 36.4 Å². The second-order valence-corrected chi connectivity index (χ2v) is 10.8. The topological polar surface area (TPSA) is 115 Å². The van der Waals surface area contributed by atoms with Crippen LogP contribution < -0.4 is 15.4 Å². The first-order valence-corrected chi connectivity index (χ1v) is 14.2. The molecule has 0 saturated heterocycles. The van der Waals surface area contributed by atoms with Crippen LogP contribution in [0.2, 0.25) is 0 Å². The molecule has 10 nitrogen and oxygen atoms in total. The van der Waals surface area contributed by atoms with Crippen LogP contribution in [0.3, 0.4) is 0 Å². The van der Waals surface area contributed by atoms with Crippen LogP contribution in [-0.4, -0.2) is 61.0 Å². The largest absolute Gasteiger partial charge is 0.495 e. The molecule has 198 valence electrons. The Morgan fingerprint density at radius 3 is 2.59 bits per heavy atom. The molecule has 0 atom stereocenters. The molecule has 3 aromatic rings. The Bertz CT molecular complexity index is 1300. The highest BCUT2D eigenvalue weighted by Crippen LogP contribution is 2.48. The maximum atomic E-state index is 12.7. The smallest absolute Gasteiger partial charge is 0.349 e. The summed E-state index contributed by atoms with van der Waals surface area (Å²) in [6, 6.07) is 11.5. The number of fused-ring (bicyclic) bond motifs is 1. The van der Waals surface area contributed by atoms with Gasteiger partial charge in [-0.3, -0.25) is 9.36 Å². The first kappa shape index (κ1) is 28.6. The van der Waals surface area contributed by atoms with Gasteiger partial charge in [0.25, 0.3) is 0 Å². The minimum absolute atomic E-state index is 0.127. The second-order valence-electron chi connectivity index (χ2n) is 7.83. The lowest BCUT2D eigenvalue weighted by atomic mass is 10.2. The number of carbonyl (C=O) groups is 1. The minimum atomic E-state index is -3.36. The van der Waals surface area contributed by atoms with Gasteiger partial charge in [0.1, 0.15) is 24.2 Å². The zero-order chi connectivity index (χ0) is 26.8. The number of likely N-dealkylation sites (N-methyl/N-ethyl adjacent to an activating group) is 1. The van der Waals surface area contributed by atoms with Gasteiger partial charge in [-0.1, -0.05) is 28.1 Å². The Morgan fingerprint density at radius 1 is 1.16 bits per heavy atom. The number of hydrogen-bond acceptors (Lipinski definition) is 9. The first-order chi connectivity index (χ1) is 17.8. The van der Waals surface area contributed by atoms with E-state index in [0.717, 1.165) is 21.1 Å².